The van der Waals surface area contributed by atoms with Crippen molar-refractivity contribution in [2.75, 3.05) is 31.1 Å². The van der Waals surface area contributed by atoms with Gasteiger partial charge in [0.05, 0.1) is 4.99 Å². The molecule has 0 amide bonds. The second kappa shape index (κ2) is 7.44. The fourth-order valence-electron chi connectivity index (χ4n) is 3.18. The second-order valence-electron chi connectivity index (χ2n) is 6.42. The molecular weight excluding hydrogens is 340 g/mol. The van der Waals surface area contributed by atoms with Gasteiger partial charge in [-0.05, 0) is 43.7 Å². The molecule has 6 heteroatoms. The number of piperazine rings is 1. The molecule has 0 N–H and O–H groups in total. The number of aryl methyl sites for hydroxylation is 2. The average molecular weight is 361 g/mol. The fraction of sp³-hybridized carbons (Fsp3) is 0.368. The number of hydrogen-bond acceptors (Lipinski definition) is 3. The van der Waals surface area contributed by atoms with Gasteiger partial charge in [-0.1, -0.05) is 12.2 Å². The van der Waals surface area contributed by atoms with Gasteiger partial charge in [-0.25, -0.2) is 8.78 Å². The minimum Gasteiger partial charge on any atom is -0.368 e. The average Bonchev–Trinajstić information content (AvgIpc) is 2.56. The SMILES string of the molecule is Cc1cc(C)nc(CC(=S)N2CCN(c3ccc(F)c(F)c3)CC2)c1. The van der Waals surface area contributed by atoms with Crippen molar-refractivity contribution in [3.63, 3.8) is 0 Å². The first-order valence-corrected chi connectivity index (χ1v) is 8.75. The van der Waals surface area contributed by atoms with Crippen molar-refractivity contribution < 1.29 is 8.78 Å². The molecule has 1 aliphatic rings. The lowest BCUT2D eigenvalue weighted by atomic mass is 10.1. The summed E-state index contributed by atoms with van der Waals surface area (Å²) in [6, 6.07) is 8.16. The van der Waals surface area contributed by atoms with E-state index in [2.05, 4.69) is 27.8 Å². The number of anilines is 1. The predicted molar refractivity (Wildman–Crippen MR) is 100 cm³/mol. The largest absolute Gasteiger partial charge is 0.368 e. The first-order valence-electron chi connectivity index (χ1n) is 8.34. The van der Waals surface area contributed by atoms with Gasteiger partial charge < -0.3 is 9.80 Å². The summed E-state index contributed by atoms with van der Waals surface area (Å²) in [6.07, 6.45) is 0.656. The Kier molecular flexibility index (Phi) is 5.27. The highest BCUT2D eigenvalue weighted by molar-refractivity contribution is 7.80. The first kappa shape index (κ1) is 17.7. The zero-order valence-corrected chi connectivity index (χ0v) is 15.2. The molecule has 0 bridgehead atoms. The number of rotatable bonds is 3. The number of aromatic nitrogens is 1. The molecule has 132 valence electrons. The topological polar surface area (TPSA) is 19.4 Å². The van der Waals surface area contributed by atoms with Gasteiger partial charge >= 0.3 is 0 Å². The highest BCUT2D eigenvalue weighted by Gasteiger charge is 2.20. The smallest absolute Gasteiger partial charge is 0.160 e. The first-order chi connectivity index (χ1) is 11.9. The van der Waals surface area contributed by atoms with Crippen LogP contribution in [0.2, 0.25) is 0 Å². The molecule has 1 fully saturated rings. The van der Waals surface area contributed by atoms with Gasteiger partial charge in [-0.2, -0.15) is 0 Å². The van der Waals surface area contributed by atoms with Crippen LogP contribution in [0.25, 0.3) is 0 Å². The Balaban J connectivity index is 1.59. The van der Waals surface area contributed by atoms with Crippen molar-refractivity contribution in [2.24, 2.45) is 0 Å². The van der Waals surface area contributed by atoms with Crippen molar-refractivity contribution in [1.29, 1.82) is 0 Å². The van der Waals surface area contributed by atoms with Gasteiger partial charge in [0.2, 0.25) is 0 Å². The third-order valence-electron chi connectivity index (χ3n) is 4.38. The molecule has 0 saturated carbocycles. The third kappa shape index (κ3) is 4.31. The van der Waals surface area contributed by atoms with E-state index in [4.69, 9.17) is 12.2 Å². The normalized spacial score (nSPS) is 14.7. The second-order valence-corrected chi connectivity index (χ2v) is 6.89. The standard InChI is InChI=1S/C19H21F2N3S/c1-13-9-14(2)22-15(10-13)11-19(25)24-7-5-23(6-8-24)16-3-4-17(20)18(21)12-16/h3-4,9-10,12H,5-8,11H2,1-2H3. The van der Waals surface area contributed by atoms with Crippen LogP contribution >= 0.6 is 12.2 Å². The van der Waals surface area contributed by atoms with Crippen molar-refractivity contribution in [3.8, 4) is 0 Å². The van der Waals surface area contributed by atoms with E-state index < -0.39 is 11.6 Å². The Hall–Kier alpha value is -2.08. The summed E-state index contributed by atoms with van der Waals surface area (Å²) in [7, 11) is 0. The predicted octanol–water partition coefficient (Wildman–Crippen LogP) is 3.67. The van der Waals surface area contributed by atoms with Crippen LogP contribution in [0.15, 0.2) is 30.3 Å². The molecule has 3 rings (SSSR count). The van der Waals surface area contributed by atoms with Crippen LogP contribution in [-0.2, 0) is 6.42 Å². The molecule has 0 aliphatic carbocycles. The van der Waals surface area contributed by atoms with Gasteiger partial charge in [0, 0.05) is 55.7 Å². The summed E-state index contributed by atoms with van der Waals surface area (Å²) >= 11 is 5.59. The van der Waals surface area contributed by atoms with Crippen molar-refractivity contribution in [3.05, 3.63) is 58.9 Å². The summed E-state index contributed by atoms with van der Waals surface area (Å²) in [5.41, 5.74) is 3.89. The Morgan fingerprint density at radius 1 is 1.04 bits per heavy atom. The van der Waals surface area contributed by atoms with E-state index in [1.807, 2.05) is 13.0 Å². The highest BCUT2D eigenvalue weighted by Crippen LogP contribution is 2.20. The zero-order chi connectivity index (χ0) is 18.0. The minimum absolute atomic E-state index is 0.656. The van der Waals surface area contributed by atoms with E-state index in [-0.39, 0.29) is 0 Å². The number of halogens is 2. The molecule has 0 atom stereocenters. The summed E-state index contributed by atoms with van der Waals surface area (Å²) in [5, 5.41) is 0. The Morgan fingerprint density at radius 2 is 1.76 bits per heavy atom. The van der Waals surface area contributed by atoms with E-state index in [0.717, 1.165) is 42.6 Å². The van der Waals surface area contributed by atoms with E-state index in [1.165, 1.54) is 17.7 Å². The summed E-state index contributed by atoms with van der Waals surface area (Å²) in [5.74, 6) is -1.62. The van der Waals surface area contributed by atoms with Crippen LogP contribution < -0.4 is 4.90 Å². The summed E-state index contributed by atoms with van der Waals surface area (Å²) in [6.45, 7) is 7.03. The Bertz CT molecular complexity index is 766. The molecule has 1 aromatic heterocycles. The van der Waals surface area contributed by atoms with Crippen molar-refractivity contribution in [1.82, 2.24) is 9.88 Å². The molecular formula is C19H21F2N3S. The van der Waals surface area contributed by atoms with E-state index in [0.29, 0.717) is 12.1 Å². The van der Waals surface area contributed by atoms with Crippen molar-refractivity contribution in [2.45, 2.75) is 20.3 Å². The lowest BCUT2D eigenvalue weighted by molar-refractivity contribution is 0.386. The lowest BCUT2D eigenvalue weighted by Gasteiger charge is -2.37. The van der Waals surface area contributed by atoms with E-state index in [1.54, 1.807) is 6.07 Å². The van der Waals surface area contributed by atoms with Crippen LogP contribution in [0.3, 0.4) is 0 Å². The van der Waals surface area contributed by atoms with Crippen LogP contribution in [-0.4, -0.2) is 41.1 Å². The van der Waals surface area contributed by atoms with Crippen LogP contribution in [0.1, 0.15) is 17.0 Å². The van der Waals surface area contributed by atoms with Gasteiger partial charge in [0.25, 0.3) is 0 Å². The molecule has 3 nitrogen and oxygen atoms in total. The molecule has 25 heavy (non-hydrogen) atoms. The minimum atomic E-state index is -0.815. The Labute approximate surface area is 152 Å². The lowest BCUT2D eigenvalue weighted by Crippen LogP contribution is -2.48. The molecule has 1 saturated heterocycles. The molecule has 0 spiro atoms. The third-order valence-corrected chi connectivity index (χ3v) is 4.79. The maximum Gasteiger partial charge on any atom is 0.160 e. The number of hydrogen-bond donors (Lipinski definition) is 0. The maximum atomic E-state index is 13.4. The fourth-order valence-corrected chi connectivity index (χ4v) is 3.51. The molecule has 1 aromatic carbocycles. The molecule has 0 unspecified atom stereocenters. The summed E-state index contributed by atoms with van der Waals surface area (Å²) < 4.78 is 26.5. The molecule has 2 aromatic rings. The van der Waals surface area contributed by atoms with Gasteiger partial charge in [0.1, 0.15) is 0 Å². The van der Waals surface area contributed by atoms with Crippen LogP contribution in [0, 0.1) is 25.5 Å². The quantitative estimate of drug-likeness (QED) is 0.777. The maximum absolute atomic E-state index is 13.4. The van der Waals surface area contributed by atoms with Gasteiger partial charge in [0.15, 0.2) is 11.6 Å². The zero-order valence-electron chi connectivity index (χ0n) is 14.4. The van der Waals surface area contributed by atoms with E-state index >= 15 is 0 Å². The highest BCUT2D eigenvalue weighted by atomic mass is 32.1. The summed E-state index contributed by atoms with van der Waals surface area (Å²) in [4.78, 5) is 9.65. The van der Waals surface area contributed by atoms with E-state index in [9.17, 15) is 8.78 Å². The number of benzene rings is 1. The van der Waals surface area contributed by atoms with Gasteiger partial charge in [-0.3, -0.25) is 4.98 Å². The molecule has 2 heterocycles. The molecule has 1 aliphatic heterocycles. The number of pyridine rings is 1. The van der Waals surface area contributed by atoms with Gasteiger partial charge in [-0.15, -0.1) is 0 Å². The van der Waals surface area contributed by atoms with Crippen LogP contribution in [0.5, 0.6) is 0 Å². The monoisotopic (exact) mass is 361 g/mol. The number of nitrogens with zero attached hydrogens (tertiary/aromatic N) is 3. The Morgan fingerprint density at radius 3 is 2.40 bits per heavy atom. The molecule has 0 radical (unpaired) electrons. The number of thiocarbonyl (C=S) groups is 1. The van der Waals surface area contributed by atoms with Crippen LogP contribution in [0.4, 0.5) is 14.5 Å². The van der Waals surface area contributed by atoms with Crippen molar-refractivity contribution >= 4 is 22.9 Å².